The third-order valence-electron chi connectivity index (χ3n) is 6.08. The molecule has 1 fully saturated rings. The number of carbonyl (C=O) groups is 1. The van der Waals surface area contributed by atoms with Crippen molar-refractivity contribution in [3.05, 3.63) is 64.3 Å². The Hall–Kier alpha value is -3.13. The molecule has 1 aliphatic heterocycles. The molecule has 1 aromatic carbocycles. The Morgan fingerprint density at radius 1 is 1.28 bits per heavy atom. The van der Waals surface area contributed by atoms with Gasteiger partial charge < -0.3 is 19.3 Å². The number of rotatable bonds is 9. The molecular weight excluding hydrogens is 408 g/mol. The van der Waals surface area contributed by atoms with Gasteiger partial charge in [-0.15, -0.1) is 0 Å². The molecule has 1 saturated carbocycles. The molecule has 0 saturated heterocycles. The highest BCUT2D eigenvalue weighted by molar-refractivity contribution is 5.93. The minimum atomic E-state index is -0.268. The standard InChI is InChI=1S/C24H28N4O4/c1-16-19(15-31-18-5-3-2-4-6-18)23(27-32-16)24(29)25-11-9-21-20-14-30-12-10-22(20)28(26-21)13-17-7-8-17/h2-6,17H,7-15H2,1H3,(H,25,29). The van der Waals surface area contributed by atoms with Crippen molar-refractivity contribution >= 4 is 5.91 Å². The van der Waals surface area contributed by atoms with Crippen LogP contribution < -0.4 is 10.1 Å². The van der Waals surface area contributed by atoms with E-state index in [2.05, 4.69) is 15.2 Å². The lowest BCUT2D eigenvalue weighted by atomic mass is 10.1. The monoisotopic (exact) mass is 436 g/mol. The zero-order valence-electron chi connectivity index (χ0n) is 18.3. The number of aryl methyl sites for hydroxylation is 1. The van der Waals surface area contributed by atoms with Crippen molar-refractivity contribution < 1.29 is 18.8 Å². The summed E-state index contributed by atoms with van der Waals surface area (Å²) in [5.41, 5.74) is 4.44. The Kier molecular flexibility index (Phi) is 5.94. The molecule has 5 rings (SSSR count). The highest BCUT2D eigenvalue weighted by atomic mass is 16.5. The maximum absolute atomic E-state index is 12.8. The van der Waals surface area contributed by atoms with Gasteiger partial charge in [0.05, 0.1) is 24.5 Å². The lowest BCUT2D eigenvalue weighted by molar-refractivity contribution is 0.0942. The van der Waals surface area contributed by atoms with Gasteiger partial charge in [0, 0.05) is 37.2 Å². The first kappa shape index (κ1) is 20.8. The quantitative estimate of drug-likeness (QED) is 0.554. The van der Waals surface area contributed by atoms with Crippen LogP contribution in [0.4, 0.5) is 0 Å². The van der Waals surface area contributed by atoms with E-state index >= 15 is 0 Å². The minimum absolute atomic E-state index is 0.221. The fourth-order valence-corrected chi connectivity index (χ4v) is 4.07. The summed E-state index contributed by atoms with van der Waals surface area (Å²) in [6.07, 6.45) is 4.15. The summed E-state index contributed by atoms with van der Waals surface area (Å²) >= 11 is 0. The van der Waals surface area contributed by atoms with Gasteiger partial charge in [0.15, 0.2) is 5.69 Å². The first-order valence-electron chi connectivity index (χ1n) is 11.3. The van der Waals surface area contributed by atoms with Crippen LogP contribution in [0.15, 0.2) is 34.9 Å². The van der Waals surface area contributed by atoms with E-state index in [-0.39, 0.29) is 18.2 Å². The lowest BCUT2D eigenvalue weighted by Gasteiger charge is -2.15. The second kappa shape index (κ2) is 9.16. The molecule has 168 valence electrons. The summed E-state index contributed by atoms with van der Waals surface area (Å²) in [5.74, 6) is 1.81. The zero-order chi connectivity index (χ0) is 21.9. The average molecular weight is 437 g/mol. The maximum atomic E-state index is 12.8. The summed E-state index contributed by atoms with van der Waals surface area (Å²) in [7, 11) is 0. The van der Waals surface area contributed by atoms with Crippen LogP contribution in [0.2, 0.25) is 0 Å². The number of hydrogen-bond donors (Lipinski definition) is 1. The van der Waals surface area contributed by atoms with Crippen molar-refractivity contribution in [1.82, 2.24) is 20.3 Å². The number of ether oxygens (including phenoxy) is 2. The number of benzene rings is 1. The van der Waals surface area contributed by atoms with Crippen LogP contribution in [-0.2, 0) is 37.3 Å². The van der Waals surface area contributed by atoms with Gasteiger partial charge in [0.1, 0.15) is 18.1 Å². The molecule has 0 unspecified atom stereocenters. The second-order valence-electron chi connectivity index (χ2n) is 8.47. The number of hydrogen-bond acceptors (Lipinski definition) is 6. The van der Waals surface area contributed by atoms with Crippen LogP contribution in [-0.4, -0.2) is 34.0 Å². The van der Waals surface area contributed by atoms with Gasteiger partial charge in [-0.2, -0.15) is 5.10 Å². The summed E-state index contributed by atoms with van der Waals surface area (Å²) in [6, 6.07) is 9.47. The number of para-hydroxylation sites is 1. The van der Waals surface area contributed by atoms with E-state index in [4.69, 9.17) is 19.1 Å². The van der Waals surface area contributed by atoms with E-state index in [0.29, 0.717) is 30.9 Å². The molecule has 3 heterocycles. The summed E-state index contributed by atoms with van der Waals surface area (Å²) < 4.78 is 18.9. The van der Waals surface area contributed by atoms with Gasteiger partial charge in [-0.05, 0) is 37.8 Å². The average Bonchev–Trinajstić information content (AvgIpc) is 3.47. The lowest BCUT2D eigenvalue weighted by Crippen LogP contribution is -2.27. The molecule has 32 heavy (non-hydrogen) atoms. The normalized spacial score (nSPS) is 15.4. The summed E-state index contributed by atoms with van der Waals surface area (Å²) in [5, 5.41) is 11.8. The van der Waals surface area contributed by atoms with Gasteiger partial charge in [-0.25, -0.2) is 0 Å². The molecule has 0 bridgehead atoms. The molecular formula is C24H28N4O4. The van der Waals surface area contributed by atoms with E-state index in [1.165, 1.54) is 24.1 Å². The van der Waals surface area contributed by atoms with E-state index in [1.54, 1.807) is 6.92 Å². The Morgan fingerprint density at radius 2 is 2.12 bits per heavy atom. The van der Waals surface area contributed by atoms with Gasteiger partial charge in [0.2, 0.25) is 0 Å². The van der Waals surface area contributed by atoms with Crippen molar-refractivity contribution in [1.29, 1.82) is 0 Å². The maximum Gasteiger partial charge on any atom is 0.273 e. The number of nitrogens with zero attached hydrogens (tertiary/aromatic N) is 3. The molecule has 8 nitrogen and oxygen atoms in total. The molecule has 2 aliphatic rings. The van der Waals surface area contributed by atoms with Crippen molar-refractivity contribution in [2.75, 3.05) is 13.2 Å². The zero-order valence-corrected chi connectivity index (χ0v) is 18.3. The Balaban J connectivity index is 1.21. The van der Waals surface area contributed by atoms with E-state index in [0.717, 1.165) is 36.9 Å². The van der Waals surface area contributed by atoms with Crippen LogP contribution in [0.1, 0.15) is 51.6 Å². The van der Waals surface area contributed by atoms with E-state index < -0.39 is 0 Å². The van der Waals surface area contributed by atoms with Gasteiger partial charge >= 0.3 is 0 Å². The Morgan fingerprint density at radius 3 is 2.94 bits per heavy atom. The molecule has 0 spiro atoms. The highest BCUT2D eigenvalue weighted by Crippen LogP contribution is 2.32. The predicted octanol–water partition coefficient (Wildman–Crippen LogP) is 3.21. The highest BCUT2D eigenvalue weighted by Gasteiger charge is 2.27. The van der Waals surface area contributed by atoms with Crippen LogP contribution in [0.3, 0.4) is 0 Å². The molecule has 8 heteroatoms. The predicted molar refractivity (Wildman–Crippen MR) is 116 cm³/mol. The number of aromatic nitrogens is 3. The largest absolute Gasteiger partial charge is 0.489 e. The fourth-order valence-electron chi connectivity index (χ4n) is 4.07. The Labute approximate surface area is 186 Å². The van der Waals surface area contributed by atoms with Crippen molar-refractivity contribution in [3.8, 4) is 5.75 Å². The summed E-state index contributed by atoms with van der Waals surface area (Å²) in [6.45, 7) is 4.82. The van der Waals surface area contributed by atoms with Crippen molar-refractivity contribution in [2.45, 2.75) is 52.4 Å². The topological polar surface area (TPSA) is 91.4 Å². The van der Waals surface area contributed by atoms with Crippen LogP contribution in [0, 0.1) is 12.8 Å². The molecule has 2 aromatic heterocycles. The second-order valence-corrected chi connectivity index (χ2v) is 8.47. The number of carbonyl (C=O) groups excluding carboxylic acids is 1. The molecule has 3 aromatic rings. The van der Waals surface area contributed by atoms with Gasteiger partial charge in [0.25, 0.3) is 5.91 Å². The van der Waals surface area contributed by atoms with E-state index in [9.17, 15) is 4.79 Å². The first-order chi connectivity index (χ1) is 15.7. The summed E-state index contributed by atoms with van der Waals surface area (Å²) in [4.78, 5) is 12.8. The fraction of sp³-hybridized carbons (Fsp3) is 0.458. The van der Waals surface area contributed by atoms with Crippen molar-refractivity contribution in [2.24, 2.45) is 5.92 Å². The first-order valence-corrected chi connectivity index (χ1v) is 11.3. The van der Waals surface area contributed by atoms with Crippen molar-refractivity contribution in [3.63, 3.8) is 0 Å². The van der Waals surface area contributed by atoms with Crippen LogP contribution >= 0.6 is 0 Å². The van der Waals surface area contributed by atoms with Gasteiger partial charge in [-0.3, -0.25) is 9.48 Å². The Bertz CT molecular complexity index is 1090. The molecule has 0 atom stereocenters. The minimum Gasteiger partial charge on any atom is -0.489 e. The molecule has 1 amide bonds. The molecule has 1 N–H and O–H groups in total. The van der Waals surface area contributed by atoms with E-state index in [1.807, 2.05) is 30.3 Å². The smallest absolute Gasteiger partial charge is 0.273 e. The van der Waals surface area contributed by atoms with Gasteiger partial charge in [-0.1, -0.05) is 23.4 Å². The third kappa shape index (κ3) is 4.55. The molecule has 1 aliphatic carbocycles. The number of nitrogens with one attached hydrogen (secondary N) is 1. The molecule has 0 radical (unpaired) electrons. The van der Waals surface area contributed by atoms with Crippen LogP contribution in [0.25, 0.3) is 0 Å². The third-order valence-corrected chi connectivity index (χ3v) is 6.08. The number of fused-ring (bicyclic) bond motifs is 1. The van der Waals surface area contributed by atoms with Crippen LogP contribution in [0.5, 0.6) is 5.75 Å². The SMILES string of the molecule is Cc1onc(C(=O)NCCc2nn(CC3CC3)c3c2COCC3)c1COc1ccccc1. The number of amides is 1.